The maximum Gasteiger partial charge on any atom is 0.233 e. The SMILES string of the molecule is CC(C)CNc1oc(-c2ccccc2F)nc1S(=O)(=O)c1ccc(F)cc1. The number of halogens is 2. The van der Waals surface area contributed by atoms with E-state index in [1.165, 1.54) is 18.2 Å². The van der Waals surface area contributed by atoms with Crippen molar-refractivity contribution in [2.45, 2.75) is 23.8 Å². The molecule has 8 heteroatoms. The molecule has 0 spiro atoms. The van der Waals surface area contributed by atoms with Crippen molar-refractivity contribution >= 4 is 15.7 Å². The maximum atomic E-state index is 14.1. The normalized spacial score (nSPS) is 11.7. The smallest absolute Gasteiger partial charge is 0.233 e. The number of sulfone groups is 1. The second-order valence-electron chi connectivity index (χ2n) is 6.37. The third-order valence-corrected chi connectivity index (χ3v) is 5.43. The van der Waals surface area contributed by atoms with Crippen LogP contribution in [0.1, 0.15) is 13.8 Å². The molecule has 2 aromatic carbocycles. The standard InChI is InChI=1S/C19H18F2N2O3S/c1-12(2)11-22-18-19(27(24,25)14-9-7-13(20)8-10-14)23-17(26-18)15-5-3-4-6-16(15)21/h3-10,12,22H,11H2,1-2H3. The number of nitrogens with one attached hydrogen (secondary N) is 1. The van der Waals surface area contributed by atoms with Crippen LogP contribution in [0.15, 0.2) is 62.9 Å². The summed E-state index contributed by atoms with van der Waals surface area (Å²) in [5.41, 5.74) is 0.0469. The van der Waals surface area contributed by atoms with Crippen molar-refractivity contribution in [3.63, 3.8) is 0 Å². The molecule has 0 aliphatic carbocycles. The average Bonchev–Trinajstić information content (AvgIpc) is 3.05. The second-order valence-corrected chi connectivity index (χ2v) is 8.23. The molecule has 0 bridgehead atoms. The van der Waals surface area contributed by atoms with Crippen molar-refractivity contribution in [3.8, 4) is 11.5 Å². The van der Waals surface area contributed by atoms with Gasteiger partial charge in [0.2, 0.25) is 26.6 Å². The van der Waals surface area contributed by atoms with E-state index in [0.717, 1.165) is 24.3 Å². The van der Waals surface area contributed by atoms with E-state index in [4.69, 9.17) is 4.42 Å². The van der Waals surface area contributed by atoms with Crippen LogP contribution in [0.2, 0.25) is 0 Å². The molecule has 1 N–H and O–H groups in total. The first-order chi connectivity index (χ1) is 12.8. The number of anilines is 1. The average molecular weight is 392 g/mol. The van der Waals surface area contributed by atoms with Gasteiger partial charge in [-0.15, -0.1) is 0 Å². The molecule has 0 saturated carbocycles. The zero-order valence-electron chi connectivity index (χ0n) is 14.7. The summed E-state index contributed by atoms with van der Waals surface area (Å²) < 4.78 is 58.7. The molecule has 1 aromatic heterocycles. The molecule has 5 nitrogen and oxygen atoms in total. The highest BCUT2D eigenvalue weighted by molar-refractivity contribution is 7.91. The van der Waals surface area contributed by atoms with Gasteiger partial charge in [-0.25, -0.2) is 17.2 Å². The van der Waals surface area contributed by atoms with Crippen molar-refractivity contribution in [3.05, 3.63) is 60.2 Å². The van der Waals surface area contributed by atoms with Gasteiger partial charge in [0.1, 0.15) is 11.6 Å². The molecular formula is C19H18F2N2O3S. The number of oxazole rings is 1. The fraction of sp³-hybridized carbons (Fsp3) is 0.211. The molecule has 0 amide bonds. The largest absolute Gasteiger partial charge is 0.419 e. The van der Waals surface area contributed by atoms with E-state index in [-0.39, 0.29) is 33.2 Å². The van der Waals surface area contributed by atoms with Crippen LogP contribution < -0.4 is 5.32 Å². The Kier molecular flexibility index (Phi) is 5.27. The van der Waals surface area contributed by atoms with Crippen molar-refractivity contribution in [1.82, 2.24) is 4.98 Å². The molecule has 3 rings (SSSR count). The van der Waals surface area contributed by atoms with Crippen LogP contribution in [0.3, 0.4) is 0 Å². The molecule has 0 unspecified atom stereocenters. The topological polar surface area (TPSA) is 72.2 Å². The summed E-state index contributed by atoms with van der Waals surface area (Å²) >= 11 is 0. The number of nitrogens with zero attached hydrogens (tertiary/aromatic N) is 1. The lowest BCUT2D eigenvalue weighted by atomic mass is 10.2. The lowest BCUT2D eigenvalue weighted by Gasteiger charge is -2.08. The predicted octanol–water partition coefficient (Wildman–Crippen LogP) is 4.52. The number of rotatable bonds is 6. The van der Waals surface area contributed by atoms with Gasteiger partial charge in [-0.05, 0) is 42.3 Å². The zero-order valence-corrected chi connectivity index (χ0v) is 15.6. The minimum atomic E-state index is -4.09. The van der Waals surface area contributed by atoms with Gasteiger partial charge < -0.3 is 9.73 Å². The highest BCUT2D eigenvalue weighted by atomic mass is 32.2. The van der Waals surface area contributed by atoms with E-state index in [1.807, 2.05) is 13.8 Å². The molecule has 0 fully saturated rings. The minimum Gasteiger partial charge on any atom is -0.419 e. The molecule has 0 aliphatic rings. The van der Waals surface area contributed by atoms with Gasteiger partial charge in [-0.2, -0.15) is 4.98 Å². The van der Waals surface area contributed by atoms with Gasteiger partial charge in [0.25, 0.3) is 0 Å². The number of hydrogen-bond acceptors (Lipinski definition) is 5. The Labute approximate surface area is 156 Å². The summed E-state index contributed by atoms with van der Waals surface area (Å²) in [6, 6.07) is 10.2. The van der Waals surface area contributed by atoms with Gasteiger partial charge in [0.05, 0.1) is 10.5 Å². The Morgan fingerprint density at radius 3 is 2.37 bits per heavy atom. The molecule has 27 heavy (non-hydrogen) atoms. The summed E-state index contributed by atoms with van der Waals surface area (Å²) in [6.07, 6.45) is 0. The fourth-order valence-corrected chi connectivity index (χ4v) is 3.65. The summed E-state index contributed by atoms with van der Waals surface area (Å²) in [4.78, 5) is 3.90. The molecule has 0 atom stereocenters. The number of benzene rings is 2. The van der Waals surface area contributed by atoms with Crippen molar-refractivity contribution in [2.24, 2.45) is 5.92 Å². The summed E-state index contributed by atoms with van der Waals surface area (Å²) in [6.45, 7) is 4.31. The number of hydrogen-bond donors (Lipinski definition) is 1. The molecule has 0 aliphatic heterocycles. The van der Waals surface area contributed by atoms with Crippen LogP contribution in [-0.4, -0.2) is 19.9 Å². The van der Waals surface area contributed by atoms with Crippen molar-refractivity contribution in [2.75, 3.05) is 11.9 Å². The molecule has 0 saturated heterocycles. The molecular weight excluding hydrogens is 374 g/mol. The van der Waals surface area contributed by atoms with Gasteiger partial charge >= 0.3 is 0 Å². The third-order valence-electron chi connectivity index (χ3n) is 3.75. The molecule has 3 aromatic rings. The first kappa shape index (κ1) is 19.0. The molecule has 0 radical (unpaired) electrons. The van der Waals surface area contributed by atoms with Gasteiger partial charge in [-0.1, -0.05) is 26.0 Å². The summed E-state index contributed by atoms with van der Waals surface area (Å²) in [7, 11) is -4.09. The van der Waals surface area contributed by atoms with Crippen molar-refractivity contribution < 1.29 is 21.6 Å². The molecule has 1 heterocycles. The Morgan fingerprint density at radius 2 is 1.74 bits per heavy atom. The van der Waals surface area contributed by atoms with Crippen LogP contribution in [0.5, 0.6) is 0 Å². The van der Waals surface area contributed by atoms with Gasteiger partial charge in [0, 0.05) is 6.54 Å². The van der Waals surface area contributed by atoms with Gasteiger partial charge in [-0.3, -0.25) is 0 Å². The Balaban J connectivity index is 2.12. The summed E-state index contributed by atoms with van der Waals surface area (Å²) in [5, 5.41) is 2.54. The van der Waals surface area contributed by atoms with E-state index in [0.29, 0.717) is 6.54 Å². The van der Waals surface area contributed by atoms with E-state index in [2.05, 4.69) is 10.3 Å². The lowest BCUT2D eigenvalue weighted by Crippen LogP contribution is -2.11. The molecule has 142 valence electrons. The first-order valence-corrected chi connectivity index (χ1v) is 9.77. The monoisotopic (exact) mass is 392 g/mol. The van der Waals surface area contributed by atoms with E-state index in [9.17, 15) is 17.2 Å². The van der Waals surface area contributed by atoms with Crippen LogP contribution in [0.4, 0.5) is 14.7 Å². The van der Waals surface area contributed by atoms with Crippen LogP contribution in [0.25, 0.3) is 11.5 Å². The number of aromatic nitrogens is 1. The van der Waals surface area contributed by atoms with Crippen molar-refractivity contribution in [1.29, 1.82) is 0 Å². The van der Waals surface area contributed by atoms with Gasteiger partial charge in [0.15, 0.2) is 0 Å². The highest BCUT2D eigenvalue weighted by Gasteiger charge is 2.29. The quantitative estimate of drug-likeness (QED) is 0.625. The lowest BCUT2D eigenvalue weighted by molar-refractivity contribution is 0.559. The van der Waals surface area contributed by atoms with E-state index >= 15 is 0 Å². The Hall–Kier alpha value is -2.74. The Bertz CT molecular complexity index is 1050. The van der Waals surface area contributed by atoms with Crippen LogP contribution >= 0.6 is 0 Å². The first-order valence-electron chi connectivity index (χ1n) is 8.29. The van der Waals surface area contributed by atoms with Crippen LogP contribution in [0, 0.1) is 17.6 Å². The predicted molar refractivity (Wildman–Crippen MR) is 97.1 cm³/mol. The van der Waals surface area contributed by atoms with Crippen LogP contribution in [-0.2, 0) is 9.84 Å². The highest BCUT2D eigenvalue weighted by Crippen LogP contribution is 2.33. The van der Waals surface area contributed by atoms with E-state index < -0.39 is 21.5 Å². The third kappa shape index (κ3) is 4.00. The minimum absolute atomic E-state index is 0.0469. The summed E-state index contributed by atoms with van der Waals surface area (Å²) in [5.74, 6) is -1.17. The van der Waals surface area contributed by atoms with E-state index in [1.54, 1.807) is 6.07 Å². The second kappa shape index (κ2) is 7.48. The zero-order chi connectivity index (χ0) is 19.6. The Morgan fingerprint density at radius 1 is 1.07 bits per heavy atom. The fourth-order valence-electron chi connectivity index (χ4n) is 2.37. The maximum absolute atomic E-state index is 14.1.